The van der Waals surface area contributed by atoms with E-state index in [9.17, 15) is 5.11 Å². The van der Waals surface area contributed by atoms with E-state index in [4.69, 9.17) is 4.74 Å². The molecule has 2 nitrogen and oxygen atoms in total. The molecule has 2 heteroatoms. The molecule has 0 heterocycles. The number of ether oxygens (including phenoxy) is 1. The maximum Gasteiger partial charge on any atom is 0.0838 e. The number of rotatable bonds is 3. The van der Waals surface area contributed by atoms with Crippen molar-refractivity contribution in [1.29, 1.82) is 0 Å². The minimum absolute atomic E-state index is 0.0572. The topological polar surface area (TPSA) is 29.5 Å². The van der Waals surface area contributed by atoms with E-state index in [1.807, 2.05) is 0 Å². The van der Waals surface area contributed by atoms with Gasteiger partial charge >= 0.3 is 0 Å². The first-order chi connectivity index (χ1) is 5.34. The van der Waals surface area contributed by atoms with Gasteiger partial charge in [0.1, 0.15) is 0 Å². The highest BCUT2D eigenvalue weighted by Gasteiger charge is 2.22. The molecule has 0 radical (unpaired) electrons. The van der Waals surface area contributed by atoms with Crippen LogP contribution in [-0.4, -0.2) is 23.9 Å². The second-order valence-electron chi connectivity index (χ2n) is 3.01. The van der Waals surface area contributed by atoms with Gasteiger partial charge in [-0.25, -0.2) is 0 Å². The van der Waals surface area contributed by atoms with E-state index in [2.05, 4.69) is 6.58 Å². The molecule has 1 N–H and O–H groups in total. The second kappa shape index (κ2) is 4.52. The Kier molecular flexibility index (Phi) is 3.60. The lowest BCUT2D eigenvalue weighted by Crippen LogP contribution is -2.32. The van der Waals surface area contributed by atoms with Gasteiger partial charge in [0.05, 0.1) is 18.8 Å². The van der Waals surface area contributed by atoms with Crippen LogP contribution in [0.5, 0.6) is 0 Å². The number of hydrogen-bond acceptors (Lipinski definition) is 2. The molecule has 0 amide bonds. The van der Waals surface area contributed by atoms with Gasteiger partial charge in [0.15, 0.2) is 0 Å². The summed E-state index contributed by atoms with van der Waals surface area (Å²) < 4.78 is 5.38. The molecule has 64 valence electrons. The standard InChI is InChI=1S/C9H16O2/c1-2-7-11-9-6-4-3-5-8(9)10/h2,8-10H,1,3-7H2/t8-,9+/m0/s1. The smallest absolute Gasteiger partial charge is 0.0838 e. The van der Waals surface area contributed by atoms with Crippen LogP contribution in [0.15, 0.2) is 12.7 Å². The van der Waals surface area contributed by atoms with Crippen molar-refractivity contribution in [3.63, 3.8) is 0 Å². The summed E-state index contributed by atoms with van der Waals surface area (Å²) in [5.74, 6) is 0. The number of hydrogen-bond donors (Lipinski definition) is 1. The van der Waals surface area contributed by atoms with Crippen molar-refractivity contribution >= 4 is 0 Å². The summed E-state index contributed by atoms with van der Waals surface area (Å²) in [5.41, 5.74) is 0. The summed E-state index contributed by atoms with van der Waals surface area (Å²) in [6.45, 7) is 4.12. The Hall–Kier alpha value is -0.340. The molecule has 1 aliphatic rings. The predicted octanol–water partition coefficient (Wildman–Crippen LogP) is 1.49. The van der Waals surface area contributed by atoms with Crippen molar-refractivity contribution in [2.24, 2.45) is 0 Å². The van der Waals surface area contributed by atoms with Gasteiger partial charge in [-0.3, -0.25) is 0 Å². The molecule has 0 aliphatic heterocycles. The molecule has 0 saturated heterocycles. The fraction of sp³-hybridized carbons (Fsp3) is 0.778. The molecule has 1 aliphatic carbocycles. The highest BCUT2D eigenvalue weighted by molar-refractivity contribution is 4.76. The quantitative estimate of drug-likeness (QED) is 0.627. The SMILES string of the molecule is C=CCO[C@@H]1CCCC[C@@H]1O. The maximum atomic E-state index is 9.44. The van der Waals surface area contributed by atoms with E-state index >= 15 is 0 Å². The van der Waals surface area contributed by atoms with Crippen LogP contribution in [0.1, 0.15) is 25.7 Å². The first-order valence-electron chi connectivity index (χ1n) is 4.25. The number of aliphatic hydroxyl groups is 1. The summed E-state index contributed by atoms with van der Waals surface area (Å²) in [6.07, 6.45) is 5.73. The lowest BCUT2D eigenvalue weighted by atomic mass is 9.95. The van der Waals surface area contributed by atoms with Crippen molar-refractivity contribution in [1.82, 2.24) is 0 Å². The van der Waals surface area contributed by atoms with Crippen LogP contribution in [0.25, 0.3) is 0 Å². The van der Waals surface area contributed by atoms with Gasteiger partial charge in [-0.2, -0.15) is 0 Å². The van der Waals surface area contributed by atoms with Crippen LogP contribution >= 0.6 is 0 Å². The third-order valence-corrected chi connectivity index (χ3v) is 2.10. The summed E-state index contributed by atoms with van der Waals surface area (Å²) in [5, 5.41) is 9.44. The Bertz CT molecular complexity index is 123. The minimum Gasteiger partial charge on any atom is -0.390 e. The average Bonchev–Trinajstić information content (AvgIpc) is 2.03. The molecule has 0 aromatic carbocycles. The van der Waals surface area contributed by atoms with Crippen molar-refractivity contribution in [2.75, 3.05) is 6.61 Å². The Labute approximate surface area is 67.9 Å². The summed E-state index contributed by atoms with van der Waals surface area (Å²) in [6, 6.07) is 0. The number of aliphatic hydroxyl groups excluding tert-OH is 1. The summed E-state index contributed by atoms with van der Waals surface area (Å²) in [7, 11) is 0. The molecule has 2 atom stereocenters. The monoisotopic (exact) mass is 156 g/mol. The zero-order valence-corrected chi connectivity index (χ0v) is 6.83. The lowest BCUT2D eigenvalue weighted by molar-refractivity contribution is -0.0488. The fourth-order valence-electron chi connectivity index (χ4n) is 1.46. The minimum atomic E-state index is -0.247. The first-order valence-corrected chi connectivity index (χ1v) is 4.25. The van der Waals surface area contributed by atoms with E-state index in [1.165, 1.54) is 6.42 Å². The molecule has 0 unspecified atom stereocenters. The van der Waals surface area contributed by atoms with Crippen LogP contribution in [0, 0.1) is 0 Å². The van der Waals surface area contributed by atoms with Crippen LogP contribution < -0.4 is 0 Å². The summed E-state index contributed by atoms with van der Waals surface area (Å²) >= 11 is 0. The van der Waals surface area contributed by atoms with Crippen molar-refractivity contribution in [2.45, 2.75) is 37.9 Å². The van der Waals surface area contributed by atoms with E-state index < -0.39 is 0 Å². The van der Waals surface area contributed by atoms with Crippen LogP contribution in [0.4, 0.5) is 0 Å². The van der Waals surface area contributed by atoms with Gasteiger partial charge in [0, 0.05) is 0 Å². The second-order valence-corrected chi connectivity index (χ2v) is 3.01. The molecule has 0 aromatic rings. The molecule has 11 heavy (non-hydrogen) atoms. The third-order valence-electron chi connectivity index (χ3n) is 2.10. The van der Waals surface area contributed by atoms with Crippen molar-refractivity contribution < 1.29 is 9.84 Å². The normalized spacial score (nSPS) is 31.7. The Morgan fingerprint density at radius 3 is 2.82 bits per heavy atom. The predicted molar refractivity (Wildman–Crippen MR) is 44.4 cm³/mol. The zero-order chi connectivity index (χ0) is 8.10. The van der Waals surface area contributed by atoms with Crippen LogP contribution in [0.2, 0.25) is 0 Å². The molecular formula is C9H16O2. The first kappa shape index (κ1) is 8.75. The van der Waals surface area contributed by atoms with Gasteiger partial charge in [-0.15, -0.1) is 6.58 Å². The molecule has 0 spiro atoms. The average molecular weight is 156 g/mol. The Balaban J connectivity index is 2.23. The van der Waals surface area contributed by atoms with Gasteiger partial charge in [0.25, 0.3) is 0 Å². The Morgan fingerprint density at radius 2 is 2.18 bits per heavy atom. The van der Waals surface area contributed by atoms with E-state index in [1.54, 1.807) is 6.08 Å². The van der Waals surface area contributed by atoms with E-state index in [-0.39, 0.29) is 12.2 Å². The fourth-order valence-corrected chi connectivity index (χ4v) is 1.46. The van der Waals surface area contributed by atoms with Gasteiger partial charge in [0.2, 0.25) is 0 Å². The van der Waals surface area contributed by atoms with Crippen LogP contribution in [-0.2, 0) is 4.74 Å². The van der Waals surface area contributed by atoms with Gasteiger partial charge in [-0.1, -0.05) is 18.9 Å². The molecule has 1 saturated carbocycles. The highest BCUT2D eigenvalue weighted by atomic mass is 16.5. The van der Waals surface area contributed by atoms with Crippen molar-refractivity contribution in [3.8, 4) is 0 Å². The largest absolute Gasteiger partial charge is 0.390 e. The van der Waals surface area contributed by atoms with E-state index in [0.29, 0.717) is 6.61 Å². The van der Waals surface area contributed by atoms with E-state index in [0.717, 1.165) is 19.3 Å². The van der Waals surface area contributed by atoms with Crippen LogP contribution in [0.3, 0.4) is 0 Å². The van der Waals surface area contributed by atoms with Crippen molar-refractivity contribution in [3.05, 3.63) is 12.7 Å². The molecule has 0 bridgehead atoms. The highest BCUT2D eigenvalue weighted by Crippen LogP contribution is 2.20. The summed E-state index contributed by atoms with van der Waals surface area (Å²) in [4.78, 5) is 0. The zero-order valence-electron chi connectivity index (χ0n) is 6.83. The Morgan fingerprint density at radius 1 is 1.45 bits per heavy atom. The molecule has 1 fully saturated rings. The molecule has 0 aromatic heterocycles. The third kappa shape index (κ3) is 2.64. The molecular weight excluding hydrogens is 140 g/mol. The lowest BCUT2D eigenvalue weighted by Gasteiger charge is -2.26. The van der Waals surface area contributed by atoms with Gasteiger partial charge < -0.3 is 9.84 Å². The van der Waals surface area contributed by atoms with Gasteiger partial charge in [-0.05, 0) is 12.8 Å². The molecule has 1 rings (SSSR count). The maximum absolute atomic E-state index is 9.44.